The third-order valence-electron chi connectivity index (χ3n) is 3.93. The molecule has 0 aliphatic carbocycles. The average molecular weight is 241 g/mol. The molecule has 1 rings (SSSR count). The molecule has 17 heavy (non-hydrogen) atoms. The molecule has 0 saturated carbocycles. The van der Waals surface area contributed by atoms with E-state index in [1.807, 2.05) is 0 Å². The zero-order valence-corrected chi connectivity index (χ0v) is 12.4. The molecule has 0 bridgehead atoms. The van der Waals surface area contributed by atoms with Crippen LogP contribution in [-0.2, 0) is 0 Å². The Hall–Kier alpha value is -0.120. The van der Waals surface area contributed by atoms with Gasteiger partial charge in [-0.15, -0.1) is 0 Å². The molecule has 102 valence electrons. The first-order chi connectivity index (χ1) is 8.04. The van der Waals surface area contributed by atoms with Crippen LogP contribution < -0.4 is 5.32 Å². The lowest BCUT2D eigenvalue weighted by molar-refractivity contribution is 0.0664. The summed E-state index contributed by atoms with van der Waals surface area (Å²) in [5.41, 5.74) is 0. The molecule has 0 aromatic heterocycles. The second-order valence-electron chi connectivity index (χ2n) is 5.80. The normalized spacial score (nSPS) is 27.0. The Morgan fingerprint density at radius 3 is 2.59 bits per heavy atom. The molecule has 0 aromatic rings. The minimum atomic E-state index is 0.651. The Balaban J connectivity index is 2.29. The van der Waals surface area contributed by atoms with Gasteiger partial charge in [0.2, 0.25) is 0 Å². The molecule has 3 atom stereocenters. The van der Waals surface area contributed by atoms with E-state index in [0.717, 1.165) is 6.54 Å². The van der Waals surface area contributed by atoms with Crippen molar-refractivity contribution in [1.82, 2.24) is 15.1 Å². The molecular weight excluding hydrogens is 210 g/mol. The highest BCUT2D eigenvalue weighted by molar-refractivity contribution is 4.82. The third-order valence-corrected chi connectivity index (χ3v) is 3.93. The van der Waals surface area contributed by atoms with Crippen LogP contribution in [0.2, 0.25) is 0 Å². The number of likely N-dealkylation sites (N-methyl/N-ethyl adjacent to an activating group) is 1. The standard InChI is InChI=1S/C14H31N3/c1-6-7-12(2)15-10-13(3)17-9-8-16(5)11-14(17)4/h12-15H,6-11H2,1-5H3. The Kier molecular flexibility index (Phi) is 6.45. The molecule has 1 N–H and O–H groups in total. The van der Waals surface area contributed by atoms with Gasteiger partial charge < -0.3 is 10.2 Å². The highest BCUT2D eigenvalue weighted by Gasteiger charge is 2.25. The zero-order valence-electron chi connectivity index (χ0n) is 12.4. The molecule has 1 aliphatic heterocycles. The molecule has 3 heteroatoms. The van der Waals surface area contributed by atoms with Crippen LogP contribution >= 0.6 is 0 Å². The number of nitrogens with zero attached hydrogens (tertiary/aromatic N) is 2. The number of rotatable bonds is 6. The molecule has 1 saturated heterocycles. The van der Waals surface area contributed by atoms with Crippen molar-refractivity contribution >= 4 is 0 Å². The third kappa shape index (κ3) is 4.94. The average Bonchev–Trinajstić information content (AvgIpc) is 2.26. The predicted octanol–water partition coefficient (Wildman–Crippen LogP) is 1.79. The molecule has 0 spiro atoms. The van der Waals surface area contributed by atoms with Crippen LogP contribution in [-0.4, -0.2) is 61.2 Å². The second-order valence-corrected chi connectivity index (χ2v) is 5.80. The van der Waals surface area contributed by atoms with Crippen LogP contribution in [0.3, 0.4) is 0 Å². The van der Waals surface area contributed by atoms with E-state index in [1.54, 1.807) is 0 Å². The number of piperazine rings is 1. The molecule has 1 heterocycles. The van der Waals surface area contributed by atoms with E-state index in [-0.39, 0.29) is 0 Å². The molecule has 0 amide bonds. The first kappa shape index (κ1) is 14.9. The van der Waals surface area contributed by atoms with Crippen molar-refractivity contribution in [1.29, 1.82) is 0 Å². The lowest BCUT2D eigenvalue weighted by atomic mass is 10.1. The summed E-state index contributed by atoms with van der Waals surface area (Å²) in [6.07, 6.45) is 2.55. The summed E-state index contributed by atoms with van der Waals surface area (Å²) in [5, 5.41) is 3.66. The van der Waals surface area contributed by atoms with E-state index in [4.69, 9.17) is 0 Å². The van der Waals surface area contributed by atoms with Gasteiger partial charge in [0.15, 0.2) is 0 Å². The minimum Gasteiger partial charge on any atom is -0.313 e. The number of hydrogen-bond donors (Lipinski definition) is 1. The van der Waals surface area contributed by atoms with Gasteiger partial charge in [0.25, 0.3) is 0 Å². The summed E-state index contributed by atoms with van der Waals surface area (Å²) in [6.45, 7) is 14.0. The van der Waals surface area contributed by atoms with Crippen LogP contribution in [0.4, 0.5) is 0 Å². The fourth-order valence-corrected chi connectivity index (χ4v) is 2.83. The Morgan fingerprint density at radius 1 is 1.29 bits per heavy atom. The Labute approximate surface area is 108 Å². The Bertz CT molecular complexity index is 208. The maximum Gasteiger partial charge on any atom is 0.0198 e. The van der Waals surface area contributed by atoms with Gasteiger partial charge in [-0.2, -0.15) is 0 Å². The summed E-state index contributed by atoms with van der Waals surface area (Å²) < 4.78 is 0. The van der Waals surface area contributed by atoms with Crippen molar-refractivity contribution in [2.75, 3.05) is 33.2 Å². The summed E-state index contributed by atoms with van der Waals surface area (Å²) in [7, 11) is 2.22. The molecule has 0 radical (unpaired) electrons. The number of hydrogen-bond acceptors (Lipinski definition) is 3. The summed E-state index contributed by atoms with van der Waals surface area (Å²) >= 11 is 0. The minimum absolute atomic E-state index is 0.651. The first-order valence-electron chi connectivity index (χ1n) is 7.22. The maximum absolute atomic E-state index is 3.66. The molecule has 1 fully saturated rings. The molecular formula is C14H31N3. The van der Waals surface area contributed by atoms with Crippen molar-refractivity contribution in [3.05, 3.63) is 0 Å². The lowest BCUT2D eigenvalue weighted by Gasteiger charge is -2.42. The lowest BCUT2D eigenvalue weighted by Crippen LogP contribution is -2.56. The van der Waals surface area contributed by atoms with Gasteiger partial charge in [0, 0.05) is 44.3 Å². The van der Waals surface area contributed by atoms with E-state index in [0.29, 0.717) is 18.1 Å². The Morgan fingerprint density at radius 2 is 2.00 bits per heavy atom. The van der Waals surface area contributed by atoms with Gasteiger partial charge >= 0.3 is 0 Å². The maximum atomic E-state index is 3.66. The largest absolute Gasteiger partial charge is 0.313 e. The van der Waals surface area contributed by atoms with Crippen LogP contribution in [0.1, 0.15) is 40.5 Å². The van der Waals surface area contributed by atoms with Crippen molar-refractivity contribution < 1.29 is 0 Å². The topological polar surface area (TPSA) is 18.5 Å². The fraction of sp³-hybridized carbons (Fsp3) is 1.00. The second kappa shape index (κ2) is 7.34. The summed E-state index contributed by atoms with van der Waals surface area (Å²) in [5.74, 6) is 0. The summed E-state index contributed by atoms with van der Waals surface area (Å²) in [6, 6.07) is 2.00. The van der Waals surface area contributed by atoms with Crippen LogP contribution in [0.15, 0.2) is 0 Å². The van der Waals surface area contributed by atoms with Gasteiger partial charge in [0.1, 0.15) is 0 Å². The van der Waals surface area contributed by atoms with Gasteiger partial charge in [0.05, 0.1) is 0 Å². The van der Waals surface area contributed by atoms with E-state index in [9.17, 15) is 0 Å². The predicted molar refractivity (Wildman–Crippen MR) is 75.5 cm³/mol. The van der Waals surface area contributed by atoms with Gasteiger partial charge in [-0.25, -0.2) is 0 Å². The van der Waals surface area contributed by atoms with Crippen LogP contribution in [0.25, 0.3) is 0 Å². The van der Waals surface area contributed by atoms with Gasteiger partial charge in [-0.1, -0.05) is 13.3 Å². The summed E-state index contributed by atoms with van der Waals surface area (Å²) in [4.78, 5) is 5.08. The quantitative estimate of drug-likeness (QED) is 0.765. The zero-order chi connectivity index (χ0) is 12.8. The van der Waals surface area contributed by atoms with E-state index in [2.05, 4.69) is 49.9 Å². The first-order valence-corrected chi connectivity index (χ1v) is 7.22. The van der Waals surface area contributed by atoms with E-state index < -0.39 is 0 Å². The van der Waals surface area contributed by atoms with Crippen molar-refractivity contribution in [3.63, 3.8) is 0 Å². The van der Waals surface area contributed by atoms with Gasteiger partial charge in [-0.05, 0) is 34.2 Å². The fourth-order valence-electron chi connectivity index (χ4n) is 2.83. The van der Waals surface area contributed by atoms with Crippen molar-refractivity contribution in [2.24, 2.45) is 0 Å². The SMILES string of the molecule is CCCC(C)NCC(C)N1CCN(C)CC1C. The van der Waals surface area contributed by atoms with Crippen molar-refractivity contribution in [3.8, 4) is 0 Å². The van der Waals surface area contributed by atoms with Crippen LogP contribution in [0, 0.1) is 0 Å². The van der Waals surface area contributed by atoms with E-state index >= 15 is 0 Å². The smallest absolute Gasteiger partial charge is 0.0198 e. The molecule has 1 aliphatic rings. The molecule has 3 nitrogen and oxygen atoms in total. The number of nitrogens with one attached hydrogen (secondary N) is 1. The highest BCUT2D eigenvalue weighted by atomic mass is 15.3. The molecule has 3 unspecified atom stereocenters. The van der Waals surface area contributed by atoms with Crippen molar-refractivity contribution in [2.45, 2.75) is 58.7 Å². The monoisotopic (exact) mass is 241 g/mol. The highest BCUT2D eigenvalue weighted by Crippen LogP contribution is 2.11. The van der Waals surface area contributed by atoms with Crippen LogP contribution in [0.5, 0.6) is 0 Å². The van der Waals surface area contributed by atoms with E-state index in [1.165, 1.54) is 32.5 Å². The molecule has 0 aromatic carbocycles. The van der Waals surface area contributed by atoms with Gasteiger partial charge in [-0.3, -0.25) is 4.90 Å².